The lowest BCUT2D eigenvalue weighted by molar-refractivity contribution is -0.145. The summed E-state index contributed by atoms with van der Waals surface area (Å²) >= 11 is 11.8. The summed E-state index contributed by atoms with van der Waals surface area (Å²) in [5.41, 5.74) is 0.141. The van der Waals surface area contributed by atoms with Crippen LogP contribution in [0.15, 0.2) is 42.5 Å². The molecule has 0 spiro atoms. The highest BCUT2D eigenvalue weighted by Gasteiger charge is 2.36. The van der Waals surface area contributed by atoms with Gasteiger partial charge in [-0.3, -0.25) is 9.59 Å². The molecule has 0 aromatic heterocycles. The number of rotatable bonds is 4. The summed E-state index contributed by atoms with van der Waals surface area (Å²) < 4.78 is 19.6. The molecule has 0 saturated carbocycles. The van der Waals surface area contributed by atoms with Crippen molar-refractivity contribution >= 4 is 35.0 Å². The molecule has 1 aliphatic rings. The minimum absolute atomic E-state index is 0.141. The number of nitrogens with one attached hydrogen (secondary N) is 1. The van der Waals surface area contributed by atoms with Crippen molar-refractivity contribution in [1.29, 1.82) is 0 Å². The lowest BCUT2D eigenvalue weighted by atomic mass is 10.0. The van der Waals surface area contributed by atoms with Gasteiger partial charge in [-0.2, -0.15) is 0 Å². The molecule has 1 aliphatic heterocycles. The number of ether oxygens (including phenoxy) is 1. The average Bonchev–Trinajstić information content (AvgIpc) is 2.61. The number of hydrogen-bond donors (Lipinski definition) is 1. The van der Waals surface area contributed by atoms with Crippen LogP contribution in [-0.4, -0.2) is 36.4 Å². The maximum Gasteiger partial charge on any atom is 0.261 e. The Hall–Kier alpha value is -2.31. The lowest BCUT2D eigenvalue weighted by Gasteiger charge is -2.35. The maximum atomic E-state index is 14.1. The molecular formula is C18H15Cl2FN2O3. The molecule has 1 N–H and O–H groups in total. The van der Waals surface area contributed by atoms with Gasteiger partial charge in [0.05, 0.1) is 5.02 Å². The molecule has 5 nitrogen and oxygen atoms in total. The first kappa shape index (κ1) is 18.5. The summed E-state index contributed by atoms with van der Waals surface area (Å²) in [4.78, 5) is 26.2. The van der Waals surface area contributed by atoms with Gasteiger partial charge in [-0.15, -0.1) is 0 Å². The maximum absolute atomic E-state index is 14.1. The highest BCUT2D eigenvalue weighted by Crippen LogP contribution is 2.29. The van der Waals surface area contributed by atoms with E-state index in [2.05, 4.69) is 5.32 Å². The first-order chi connectivity index (χ1) is 12.5. The molecule has 1 fully saturated rings. The van der Waals surface area contributed by atoms with Crippen LogP contribution >= 0.6 is 23.2 Å². The standard InChI is InChI=1S/C18H15Cl2FN2O3/c19-11-5-6-15(13(20)9-11)26-10-16(24)23-8-7-22-18(25)17(23)12-3-1-2-4-14(12)21/h1-6,9,17H,7-8,10H2,(H,22,25). The fourth-order valence-corrected chi connectivity index (χ4v) is 3.22. The molecule has 2 amide bonds. The van der Waals surface area contributed by atoms with Gasteiger partial charge >= 0.3 is 0 Å². The molecule has 1 atom stereocenters. The van der Waals surface area contributed by atoms with Crippen LogP contribution in [0.25, 0.3) is 0 Å². The summed E-state index contributed by atoms with van der Waals surface area (Å²) in [6.45, 7) is 0.206. The number of benzene rings is 2. The van der Waals surface area contributed by atoms with E-state index in [0.29, 0.717) is 10.8 Å². The number of amides is 2. The van der Waals surface area contributed by atoms with E-state index in [9.17, 15) is 14.0 Å². The predicted molar refractivity (Wildman–Crippen MR) is 95.8 cm³/mol. The van der Waals surface area contributed by atoms with Crippen LogP contribution in [0.2, 0.25) is 10.0 Å². The molecule has 1 saturated heterocycles. The van der Waals surface area contributed by atoms with E-state index in [1.807, 2.05) is 0 Å². The Labute approximate surface area is 159 Å². The van der Waals surface area contributed by atoms with Gasteiger partial charge in [0.15, 0.2) is 6.61 Å². The quantitative estimate of drug-likeness (QED) is 0.862. The zero-order valence-corrected chi connectivity index (χ0v) is 15.1. The largest absolute Gasteiger partial charge is 0.482 e. The Kier molecular flexibility index (Phi) is 5.64. The second-order valence-electron chi connectivity index (χ2n) is 5.67. The number of carbonyl (C=O) groups is 2. The topological polar surface area (TPSA) is 58.6 Å². The molecule has 3 rings (SSSR count). The second kappa shape index (κ2) is 7.93. The third-order valence-corrected chi connectivity index (χ3v) is 4.51. The van der Waals surface area contributed by atoms with Crippen molar-refractivity contribution in [2.75, 3.05) is 19.7 Å². The van der Waals surface area contributed by atoms with Crippen molar-refractivity contribution in [3.8, 4) is 5.75 Å². The molecule has 2 aromatic rings. The van der Waals surface area contributed by atoms with Crippen LogP contribution in [-0.2, 0) is 9.59 Å². The van der Waals surface area contributed by atoms with Gasteiger partial charge in [-0.25, -0.2) is 4.39 Å². The van der Waals surface area contributed by atoms with Crippen LogP contribution in [0.3, 0.4) is 0 Å². The third kappa shape index (κ3) is 3.92. The van der Waals surface area contributed by atoms with Crippen LogP contribution < -0.4 is 10.1 Å². The Morgan fingerprint density at radius 3 is 2.77 bits per heavy atom. The van der Waals surface area contributed by atoms with Crippen LogP contribution in [0.4, 0.5) is 4.39 Å². The molecule has 26 heavy (non-hydrogen) atoms. The van der Waals surface area contributed by atoms with E-state index < -0.39 is 23.7 Å². The van der Waals surface area contributed by atoms with E-state index in [1.54, 1.807) is 18.2 Å². The first-order valence-electron chi connectivity index (χ1n) is 7.87. The molecule has 1 unspecified atom stereocenters. The summed E-state index contributed by atoms with van der Waals surface area (Å²) in [7, 11) is 0. The van der Waals surface area contributed by atoms with E-state index in [1.165, 1.54) is 29.2 Å². The minimum Gasteiger partial charge on any atom is -0.482 e. The van der Waals surface area contributed by atoms with Gasteiger partial charge in [0.25, 0.3) is 5.91 Å². The van der Waals surface area contributed by atoms with Crippen LogP contribution in [0.1, 0.15) is 11.6 Å². The lowest BCUT2D eigenvalue weighted by Crippen LogP contribution is -2.53. The van der Waals surface area contributed by atoms with Gasteiger partial charge in [0.1, 0.15) is 17.6 Å². The molecule has 0 aliphatic carbocycles. The molecule has 136 valence electrons. The van der Waals surface area contributed by atoms with Crippen molar-refractivity contribution in [1.82, 2.24) is 10.2 Å². The zero-order chi connectivity index (χ0) is 18.7. The van der Waals surface area contributed by atoms with Crippen molar-refractivity contribution in [2.24, 2.45) is 0 Å². The van der Waals surface area contributed by atoms with Crippen LogP contribution in [0.5, 0.6) is 5.75 Å². The Balaban J connectivity index is 1.78. The second-order valence-corrected chi connectivity index (χ2v) is 6.51. The van der Waals surface area contributed by atoms with E-state index in [-0.39, 0.29) is 30.3 Å². The fraction of sp³-hybridized carbons (Fsp3) is 0.222. The average molecular weight is 397 g/mol. The van der Waals surface area contributed by atoms with E-state index in [4.69, 9.17) is 27.9 Å². The SMILES string of the molecule is O=C1NCCN(C(=O)COc2ccc(Cl)cc2Cl)C1c1ccccc1F. The molecule has 2 aromatic carbocycles. The van der Waals surface area contributed by atoms with E-state index in [0.717, 1.165) is 0 Å². The number of hydrogen-bond acceptors (Lipinski definition) is 3. The fourth-order valence-electron chi connectivity index (χ4n) is 2.76. The van der Waals surface area contributed by atoms with Gasteiger partial charge in [0.2, 0.25) is 5.91 Å². The highest BCUT2D eigenvalue weighted by molar-refractivity contribution is 6.35. The summed E-state index contributed by atoms with van der Waals surface area (Å²) in [6.07, 6.45) is 0. The monoisotopic (exact) mass is 396 g/mol. The molecule has 1 heterocycles. The van der Waals surface area contributed by atoms with Gasteiger partial charge in [-0.05, 0) is 24.3 Å². The minimum atomic E-state index is -1.04. The molecule has 0 bridgehead atoms. The number of piperazine rings is 1. The summed E-state index contributed by atoms with van der Waals surface area (Å²) in [5.74, 6) is -1.12. The van der Waals surface area contributed by atoms with Gasteiger partial charge in [0, 0.05) is 23.7 Å². The summed E-state index contributed by atoms with van der Waals surface area (Å²) in [5, 5.41) is 3.37. The zero-order valence-electron chi connectivity index (χ0n) is 13.5. The molecule has 0 radical (unpaired) electrons. The smallest absolute Gasteiger partial charge is 0.261 e. The number of carbonyl (C=O) groups excluding carboxylic acids is 2. The Morgan fingerprint density at radius 1 is 1.27 bits per heavy atom. The normalized spacial score (nSPS) is 17.0. The molecular weight excluding hydrogens is 382 g/mol. The number of halogens is 3. The van der Waals surface area contributed by atoms with Crippen LogP contribution in [0, 0.1) is 5.82 Å². The van der Waals surface area contributed by atoms with E-state index >= 15 is 0 Å². The molecule has 8 heteroatoms. The van der Waals surface area contributed by atoms with Crippen molar-refractivity contribution in [3.63, 3.8) is 0 Å². The Morgan fingerprint density at radius 2 is 2.04 bits per heavy atom. The first-order valence-corrected chi connectivity index (χ1v) is 8.62. The highest BCUT2D eigenvalue weighted by atomic mass is 35.5. The van der Waals surface area contributed by atoms with Crippen molar-refractivity contribution < 1.29 is 18.7 Å². The van der Waals surface area contributed by atoms with Crippen molar-refractivity contribution in [3.05, 3.63) is 63.9 Å². The third-order valence-electron chi connectivity index (χ3n) is 3.98. The predicted octanol–water partition coefficient (Wildman–Crippen LogP) is 3.21. The Bertz CT molecular complexity index is 847. The van der Waals surface area contributed by atoms with Crippen molar-refractivity contribution in [2.45, 2.75) is 6.04 Å². The summed E-state index contributed by atoms with van der Waals surface area (Å²) in [6, 6.07) is 9.48. The van der Waals surface area contributed by atoms with Gasteiger partial charge in [-0.1, -0.05) is 41.4 Å². The van der Waals surface area contributed by atoms with Gasteiger partial charge < -0.3 is 15.0 Å². The number of nitrogens with zero attached hydrogens (tertiary/aromatic N) is 1.